The second kappa shape index (κ2) is 6.05. The quantitative estimate of drug-likeness (QED) is 0.759. The molecule has 0 N–H and O–H groups in total. The molecule has 0 aromatic heterocycles. The highest BCUT2D eigenvalue weighted by Gasteiger charge is 2.29. The molecule has 1 aromatic rings. The molecule has 0 fully saturated rings. The predicted molar refractivity (Wildman–Crippen MR) is 62.7 cm³/mol. The lowest BCUT2D eigenvalue weighted by molar-refractivity contribution is -0.137. The van der Waals surface area contributed by atoms with Crippen LogP contribution in [0.5, 0.6) is 0 Å². The third-order valence-electron chi connectivity index (χ3n) is 2.67. The van der Waals surface area contributed by atoms with E-state index in [4.69, 9.17) is 0 Å². The monoisotopic (exact) mass is 245 g/mol. The average molecular weight is 245 g/mol. The van der Waals surface area contributed by atoms with Crippen LogP contribution >= 0.6 is 0 Å². The summed E-state index contributed by atoms with van der Waals surface area (Å²) in [7, 11) is 0. The lowest BCUT2D eigenvalue weighted by Crippen LogP contribution is -2.23. The van der Waals surface area contributed by atoms with Gasteiger partial charge in [0.15, 0.2) is 0 Å². The Hall–Kier alpha value is -1.03. The zero-order valence-electron chi connectivity index (χ0n) is 10.2. The van der Waals surface area contributed by atoms with Crippen molar-refractivity contribution in [2.45, 2.75) is 33.0 Å². The van der Waals surface area contributed by atoms with E-state index in [0.29, 0.717) is 6.54 Å². The maximum absolute atomic E-state index is 12.4. The molecule has 0 saturated carbocycles. The van der Waals surface area contributed by atoms with Crippen LogP contribution < -0.4 is 0 Å². The van der Waals surface area contributed by atoms with Gasteiger partial charge in [0.2, 0.25) is 0 Å². The van der Waals surface area contributed by atoms with Crippen LogP contribution in [0.25, 0.3) is 0 Å². The molecular weight excluding hydrogens is 227 g/mol. The summed E-state index contributed by atoms with van der Waals surface area (Å²) in [5, 5.41) is 0. The van der Waals surface area contributed by atoms with Gasteiger partial charge in [0.05, 0.1) is 5.56 Å². The molecule has 0 spiro atoms. The van der Waals surface area contributed by atoms with Crippen LogP contribution in [0.4, 0.5) is 13.2 Å². The Morgan fingerprint density at radius 2 is 1.65 bits per heavy atom. The minimum atomic E-state index is -4.24. The highest BCUT2D eigenvalue weighted by molar-refractivity contribution is 5.24. The number of hydrogen-bond acceptors (Lipinski definition) is 1. The van der Waals surface area contributed by atoms with E-state index in [1.165, 1.54) is 0 Å². The molecule has 4 heteroatoms. The third kappa shape index (κ3) is 4.38. The molecule has 0 radical (unpaired) electrons. The molecule has 1 aromatic carbocycles. The summed E-state index contributed by atoms with van der Waals surface area (Å²) in [5.74, 6) is 0. The van der Waals surface area contributed by atoms with Crippen LogP contribution in [0.1, 0.15) is 31.4 Å². The van der Waals surface area contributed by atoms with Crippen LogP contribution in [-0.2, 0) is 12.7 Å². The van der Waals surface area contributed by atoms with Gasteiger partial charge in [-0.25, -0.2) is 0 Å². The zero-order valence-corrected chi connectivity index (χ0v) is 10.2. The maximum atomic E-state index is 12.4. The summed E-state index contributed by atoms with van der Waals surface area (Å²) in [6, 6.07) is 5.41. The summed E-state index contributed by atoms with van der Waals surface area (Å²) in [5.41, 5.74) is 0.341. The summed E-state index contributed by atoms with van der Waals surface area (Å²) in [4.78, 5) is 2.21. The van der Waals surface area contributed by atoms with Gasteiger partial charge in [-0.1, -0.05) is 26.0 Å². The molecule has 0 bridgehead atoms. The molecule has 0 aliphatic carbocycles. The van der Waals surface area contributed by atoms with Crippen LogP contribution in [0.2, 0.25) is 0 Å². The lowest BCUT2D eigenvalue weighted by atomic mass is 10.1. The Bertz CT molecular complexity index is 330. The van der Waals surface area contributed by atoms with E-state index in [2.05, 4.69) is 18.7 Å². The number of hydrogen-bond donors (Lipinski definition) is 0. The molecule has 1 nitrogen and oxygen atoms in total. The molecule has 1 rings (SSSR count). The number of rotatable bonds is 5. The van der Waals surface area contributed by atoms with Crippen molar-refractivity contribution in [1.82, 2.24) is 4.90 Å². The van der Waals surface area contributed by atoms with Gasteiger partial charge in [0.1, 0.15) is 0 Å². The summed E-state index contributed by atoms with van der Waals surface area (Å²) < 4.78 is 37.1. The maximum Gasteiger partial charge on any atom is 0.416 e. The molecule has 0 aliphatic heterocycles. The fourth-order valence-corrected chi connectivity index (χ4v) is 1.72. The number of nitrogens with zero attached hydrogens (tertiary/aromatic N) is 1. The van der Waals surface area contributed by atoms with Crippen molar-refractivity contribution in [1.29, 1.82) is 0 Å². The molecule has 17 heavy (non-hydrogen) atoms. The highest BCUT2D eigenvalue weighted by Crippen LogP contribution is 2.29. The smallest absolute Gasteiger partial charge is 0.299 e. The first kappa shape index (κ1) is 14.0. The van der Waals surface area contributed by atoms with E-state index < -0.39 is 11.7 Å². The molecular formula is C13H18F3N. The minimum Gasteiger partial charge on any atom is -0.299 e. The Balaban J connectivity index is 2.68. The van der Waals surface area contributed by atoms with Gasteiger partial charge in [-0.2, -0.15) is 13.2 Å². The number of alkyl halides is 3. The standard InChI is InChI=1S/C13H18F3N/c1-3-9-17(4-2)10-11-5-7-12(8-6-11)13(14,15)16/h5-8H,3-4,9-10H2,1-2H3. The van der Waals surface area contributed by atoms with Gasteiger partial charge in [-0.3, -0.25) is 4.90 Å². The van der Waals surface area contributed by atoms with Crippen LogP contribution in [-0.4, -0.2) is 18.0 Å². The van der Waals surface area contributed by atoms with E-state index in [9.17, 15) is 13.2 Å². The van der Waals surface area contributed by atoms with Crippen LogP contribution in [0.3, 0.4) is 0 Å². The molecule has 96 valence electrons. The second-order valence-corrected chi connectivity index (χ2v) is 4.06. The SMILES string of the molecule is CCCN(CC)Cc1ccc(C(F)(F)F)cc1. The van der Waals surface area contributed by atoms with Gasteiger partial charge >= 0.3 is 6.18 Å². The lowest BCUT2D eigenvalue weighted by Gasteiger charge is -2.19. The zero-order chi connectivity index (χ0) is 12.9. The van der Waals surface area contributed by atoms with E-state index in [-0.39, 0.29) is 0 Å². The van der Waals surface area contributed by atoms with Crippen molar-refractivity contribution in [3.05, 3.63) is 35.4 Å². The Labute approximate surface area is 100 Å². The number of halogens is 3. The third-order valence-corrected chi connectivity index (χ3v) is 2.67. The summed E-state index contributed by atoms with van der Waals surface area (Å²) in [6.45, 7) is 6.74. The van der Waals surface area contributed by atoms with Crippen molar-refractivity contribution in [2.24, 2.45) is 0 Å². The van der Waals surface area contributed by atoms with Gasteiger partial charge in [0.25, 0.3) is 0 Å². The normalized spacial score (nSPS) is 12.1. The molecule has 0 unspecified atom stereocenters. The summed E-state index contributed by atoms with van der Waals surface area (Å²) >= 11 is 0. The predicted octanol–water partition coefficient (Wildman–Crippen LogP) is 3.94. The number of benzene rings is 1. The van der Waals surface area contributed by atoms with Crippen molar-refractivity contribution in [2.75, 3.05) is 13.1 Å². The molecule has 0 aliphatic rings. The Morgan fingerprint density at radius 1 is 1.06 bits per heavy atom. The van der Waals surface area contributed by atoms with Crippen molar-refractivity contribution >= 4 is 0 Å². The van der Waals surface area contributed by atoms with Gasteiger partial charge in [-0.05, 0) is 37.2 Å². The van der Waals surface area contributed by atoms with Crippen molar-refractivity contribution in [3.63, 3.8) is 0 Å². The first-order valence-electron chi connectivity index (χ1n) is 5.85. The fraction of sp³-hybridized carbons (Fsp3) is 0.538. The van der Waals surface area contributed by atoms with Gasteiger partial charge in [-0.15, -0.1) is 0 Å². The molecule has 0 heterocycles. The van der Waals surface area contributed by atoms with E-state index in [1.807, 2.05) is 0 Å². The second-order valence-electron chi connectivity index (χ2n) is 4.06. The Kier molecular flexibility index (Phi) is 5.00. The highest BCUT2D eigenvalue weighted by atomic mass is 19.4. The largest absolute Gasteiger partial charge is 0.416 e. The van der Waals surface area contributed by atoms with E-state index in [1.54, 1.807) is 12.1 Å². The first-order chi connectivity index (χ1) is 7.97. The van der Waals surface area contributed by atoms with E-state index >= 15 is 0 Å². The van der Waals surface area contributed by atoms with Crippen molar-refractivity contribution in [3.8, 4) is 0 Å². The minimum absolute atomic E-state index is 0.584. The van der Waals surface area contributed by atoms with Gasteiger partial charge < -0.3 is 0 Å². The molecule has 0 saturated heterocycles. The van der Waals surface area contributed by atoms with Crippen LogP contribution in [0.15, 0.2) is 24.3 Å². The topological polar surface area (TPSA) is 3.24 Å². The van der Waals surface area contributed by atoms with E-state index in [0.717, 1.165) is 37.2 Å². The average Bonchev–Trinajstić information content (AvgIpc) is 2.28. The molecule has 0 atom stereocenters. The summed E-state index contributed by atoms with van der Waals surface area (Å²) in [6.07, 6.45) is -3.19. The molecule has 0 amide bonds. The Morgan fingerprint density at radius 3 is 2.06 bits per heavy atom. The first-order valence-corrected chi connectivity index (χ1v) is 5.85. The fourth-order valence-electron chi connectivity index (χ4n) is 1.72. The van der Waals surface area contributed by atoms with Crippen LogP contribution in [0, 0.1) is 0 Å². The van der Waals surface area contributed by atoms with Crippen molar-refractivity contribution < 1.29 is 13.2 Å². The van der Waals surface area contributed by atoms with Gasteiger partial charge in [0, 0.05) is 6.54 Å².